The molecular formula is C15H22F3NO2. The minimum atomic E-state index is -1.24. The number of ether oxygens (including phenoxy) is 1. The second kappa shape index (κ2) is 9.63. The van der Waals surface area contributed by atoms with Crippen molar-refractivity contribution in [3.8, 4) is 0 Å². The molecule has 0 fully saturated rings. The molecule has 1 rings (SSSR count). The summed E-state index contributed by atoms with van der Waals surface area (Å²) < 4.78 is 44.3. The molecule has 0 aliphatic carbocycles. The van der Waals surface area contributed by atoms with E-state index in [1.54, 1.807) is 0 Å². The Labute approximate surface area is 123 Å². The van der Waals surface area contributed by atoms with E-state index < -0.39 is 23.6 Å². The predicted octanol–water partition coefficient (Wildman–Crippen LogP) is 3.47. The number of rotatable bonds is 10. The summed E-state index contributed by atoms with van der Waals surface area (Å²) in [6.45, 7) is 2.80. The number of anilines is 1. The maximum Gasteiger partial charge on any atom is 0.161 e. The van der Waals surface area contributed by atoms with Gasteiger partial charge in [-0.2, -0.15) is 0 Å². The van der Waals surface area contributed by atoms with Crippen LogP contribution in [0.1, 0.15) is 32.6 Å². The van der Waals surface area contributed by atoms with Crippen molar-refractivity contribution in [2.24, 2.45) is 0 Å². The smallest absolute Gasteiger partial charge is 0.161 e. The highest BCUT2D eigenvalue weighted by Crippen LogP contribution is 2.18. The van der Waals surface area contributed by atoms with Gasteiger partial charge in [0.05, 0.1) is 18.4 Å². The van der Waals surface area contributed by atoms with Gasteiger partial charge in [0.15, 0.2) is 11.6 Å². The standard InChI is InChI=1S/C15H22F3NO2/c1-2-3-4-5-6-21-10-11(20)9-19-15-8-13(17)12(16)7-14(15)18/h7-8,11,19-20H,2-6,9-10H2,1H3. The van der Waals surface area contributed by atoms with Gasteiger partial charge in [0.2, 0.25) is 0 Å². The van der Waals surface area contributed by atoms with Crippen molar-refractivity contribution in [3.63, 3.8) is 0 Å². The van der Waals surface area contributed by atoms with Crippen LogP contribution in [0, 0.1) is 17.5 Å². The van der Waals surface area contributed by atoms with E-state index in [4.69, 9.17) is 4.74 Å². The first-order chi connectivity index (χ1) is 10.0. The van der Waals surface area contributed by atoms with E-state index in [-0.39, 0.29) is 18.8 Å². The molecule has 0 saturated heterocycles. The molecule has 1 aromatic rings. The van der Waals surface area contributed by atoms with E-state index in [0.717, 1.165) is 31.7 Å². The Morgan fingerprint density at radius 3 is 2.52 bits per heavy atom. The van der Waals surface area contributed by atoms with Gasteiger partial charge in [0, 0.05) is 25.3 Å². The Morgan fingerprint density at radius 1 is 1.10 bits per heavy atom. The molecule has 0 saturated carbocycles. The quantitative estimate of drug-likeness (QED) is 0.514. The Kier molecular flexibility index (Phi) is 8.15. The number of nitrogens with one attached hydrogen (secondary N) is 1. The summed E-state index contributed by atoms with van der Waals surface area (Å²) in [6, 6.07) is 1.19. The number of unbranched alkanes of at least 4 members (excludes halogenated alkanes) is 3. The average molecular weight is 305 g/mol. The van der Waals surface area contributed by atoms with Crippen LogP contribution in [0.2, 0.25) is 0 Å². The number of hydrogen-bond acceptors (Lipinski definition) is 3. The van der Waals surface area contributed by atoms with Crippen LogP contribution in [0.5, 0.6) is 0 Å². The summed E-state index contributed by atoms with van der Waals surface area (Å²) in [5, 5.41) is 12.2. The molecule has 1 atom stereocenters. The maximum atomic E-state index is 13.3. The van der Waals surface area contributed by atoms with Crippen molar-refractivity contribution in [2.75, 3.05) is 25.1 Å². The lowest BCUT2D eigenvalue weighted by atomic mass is 10.2. The molecule has 0 aliphatic heterocycles. The third kappa shape index (κ3) is 6.82. The molecule has 0 radical (unpaired) electrons. The van der Waals surface area contributed by atoms with E-state index >= 15 is 0 Å². The SMILES string of the molecule is CCCCCCOCC(O)CNc1cc(F)c(F)cc1F. The van der Waals surface area contributed by atoms with E-state index in [0.29, 0.717) is 12.7 Å². The minimum absolute atomic E-state index is 0.00302. The third-order valence-electron chi connectivity index (χ3n) is 2.99. The van der Waals surface area contributed by atoms with Crippen LogP contribution in [0.15, 0.2) is 12.1 Å². The van der Waals surface area contributed by atoms with Gasteiger partial charge in [-0.25, -0.2) is 13.2 Å². The molecule has 120 valence electrons. The van der Waals surface area contributed by atoms with E-state index in [9.17, 15) is 18.3 Å². The topological polar surface area (TPSA) is 41.5 Å². The number of halogens is 3. The van der Waals surface area contributed by atoms with Crippen molar-refractivity contribution in [1.29, 1.82) is 0 Å². The summed E-state index contributed by atoms with van der Waals surface area (Å²) in [5.41, 5.74) is -0.184. The van der Waals surface area contributed by atoms with Crippen LogP contribution in [0.3, 0.4) is 0 Å². The van der Waals surface area contributed by atoms with Gasteiger partial charge >= 0.3 is 0 Å². The third-order valence-corrected chi connectivity index (χ3v) is 2.99. The van der Waals surface area contributed by atoms with Crippen LogP contribution in [-0.4, -0.2) is 31.0 Å². The van der Waals surface area contributed by atoms with E-state index in [1.165, 1.54) is 0 Å². The van der Waals surface area contributed by atoms with Crippen LogP contribution in [0.25, 0.3) is 0 Å². The molecule has 0 bridgehead atoms. The van der Waals surface area contributed by atoms with Crippen molar-refractivity contribution >= 4 is 5.69 Å². The van der Waals surface area contributed by atoms with Crippen LogP contribution in [0.4, 0.5) is 18.9 Å². The lowest BCUT2D eigenvalue weighted by molar-refractivity contribution is 0.0416. The lowest BCUT2D eigenvalue weighted by Crippen LogP contribution is -2.25. The first-order valence-corrected chi connectivity index (χ1v) is 7.18. The Bertz CT molecular complexity index is 430. The Morgan fingerprint density at radius 2 is 1.81 bits per heavy atom. The molecule has 3 nitrogen and oxygen atoms in total. The van der Waals surface area contributed by atoms with E-state index in [1.807, 2.05) is 0 Å². The summed E-state index contributed by atoms with van der Waals surface area (Å²) in [6.07, 6.45) is 3.48. The molecule has 1 aromatic carbocycles. The predicted molar refractivity (Wildman–Crippen MR) is 75.8 cm³/mol. The molecule has 6 heteroatoms. The van der Waals surface area contributed by atoms with Crippen molar-refractivity contribution in [3.05, 3.63) is 29.6 Å². The second-order valence-corrected chi connectivity index (χ2v) is 4.92. The number of hydrogen-bond donors (Lipinski definition) is 2. The monoisotopic (exact) mass is 305 g/mol. The average Bonchev–Trinajstić information content (AvgIpc) is 2.45. The Hall–Kier alpha value is -1.27. The Balaban J connectivity index is 2.24. The van der Waals surface area contributed by atoms with Crippen molar-refractivity contribution in [2.45, 2.75) is 38.7 Å². The van der Waals surface area contributed by atoms with Gasteiger partial charge in [-0.1, -0.05) is 26.2 Å². The number of aliphatic hydroxyl groups excluding tert-OH is 1. The molecule has 0 heterocycles. The highest BCUT2D eigenvalue weighted by Gasteiger charge is 2.11. The minimum Gasteiger partial charge on any atom is -0.389 e. The molecule has 2 N–H and O–H groups in total. The van der Waals surface area contributed by atoms with Gasteiger partial charge in [0.25, 0.3) is 0 Å². The maximum absolute atomic E-state index is 13.3. The zero-order valence-electron chi connectivity index (χ0n) is 12.2. The molecule has 0 aliphatic rings. The second-order valence-electron chi connectivity index (χ2n) is 4.92. The van der Waals surface area contributed by atoms with Crippen molar-refractivity contribution < 1.29 is 23.0 Å². The van der Waals surface area contributed by atoms with Gasteiger partial charge in [-0.3, -0.25) is 0 Å². The van der Waals surface area contributed by atoms with Crippen LogP contribution >= 0.6 is 0 Å². The zero-order chi connectivity index (χ0) is 15.7. The van der Waals surface area contributed by atoms with E-state index in [2.05, 4.69) is 12.2 Å². The first kappa shape index (κ1) is 17.8. The molecular weight excluding hydrogens is 283 g/mol. The summed E-state index contributed by atoms with van der Waals surface area (Å²) >= 11 is 0. The number of benzene rings is 1. The largest absolute Gasteiger partial charge is 0.389 e. The van der Waals surface area contributed by atoms with Crippen molar-refractivity contribution in [1.82, 2.24) is 0 Å². The highest BCUT2D eigenvalue weighted by molar-refractivity contribution is 5.45. The summed E-state index contributed by atoms with van der Waals surface area (Å²) in [5.74, 6) is -3.28. The number of aliphatic hydroxyl groups is 1. The molecule has 0 spiro atoms. The van der Waals surface area contributed by atoms with Gasteiger partial charge in [-0.05, 0) is 6.42 Å². The highest BCUT2D eigenvalue weighted by atomic mass is 19.2. The van der Waals surface area contributed by atoms with Crippen LogP contribution in [-0.2, 0) is 4.74 Å². The normalized spacial score (nSPS) is 12.4. The molecule has 0 aromatic heterocycles. The molecule has 21 heavy (non-hydrogen) atoms. The fourth-order valence-electron chi connectivity index (χ4n) is 1.80. The fraction of sp³-hybridized carbons (Fsp3) is 0.600. The van der Waals surface area contributed by atoms with Crippen LogP contribution < -0.4 is 5.32 Å². The molecule has 0 amide bonds. The van der Waals surface area contributed by atoms with Gasteiger partial charge in [-0.15, -0.1) is 0 Å². The summed E-state index contributed by atoms with van der Waals surface area (Å²) in [7, 11) is 0. The molecule has 1 unspecified atom stereocenters. The fourth-order valence-corrected chi connectivity index (χ4v) is 1.80. The van der Waals surface area contributed by atoms with Gasteiger partial charge in [0.1, 0.15) is 5.82 Å². The van der Waals surface area contributed by atoms with Gasteiger partial charge < -0.3 is 15.2 Å². The lowest BCUT2D eigenvalue weighted by Gasteiger charge is -2.14. The zero-order valence-corrected chi connectivity index (χ0v) is 12.2. The summed E-state index contributed by atoms with van der Waals surface area (Å²) in [4.78, 5) is 0. The first-order valence-electron chi connectivity index (χ1n) is 7.18.